The van der Waals surface area contributed by atoms with Crippen LogP contribution in [-0.2, 0) is 24.2 Å². The van der Waals surface area contributed by atoms with E-state index in [2.05, 4.69) is 18.2 Å². The molecular weight excluding hydrogens is 300 g/mol. The number of carbonyl (C=O) groups is 1. The maximum absolute atomic E-state index is 11.8. The smallest absolute Gasteiger partial charge is 0.338 e. The van der Waals surface area contributed by atoms with Crippen molar-refractivity contribution < 1.29 is 14.3 Å². The van der Waals surface area contributed by atoms with Crippen molar-refractivity contribution in [2.75, 3.05) is 6.61 Å². The lowest BCUT2D eigenvalue weighted by Gasteiger charge is -2.16. The molecule has 24 heavy (non-hydrogen) atoms. The molecule has 0 aliphatic heterocycles. The summed E-state index contributed by atoms with van der Waals surface area (Å²) in [6, 6.07) is 13.8. The van der Waals surface area contributed by atoms with Crippen LogP contribution >= 0.6 is 0 Å². The molecule has 0 heterocycles. The Kier molecular flexibility index (Phi) is 5.52. The minimum absolute atomic E-state index is 0.265. The van der Waals surface area contributed by atoms with Crippen molar-refractivity contribution in [1.29, 1.82) is 0 Å². The van der Waals surface area contributed by atoms with Crippen molar-refractivity contribution >= 4 is 5.97 Å². The number of fused-ring (bicyclic) bond motifs is 1. The van der Waals surface area contributed by atoms with Gasteiger partial charge in [0, 0.05) is 0 Å². The summed E-state index contributed by atoms with van der Waals surface area (Å²) in [5.41, 5.74) is 4.51. The van der Waals surface area contributed by atoms with Gasteiger partial charge in [-0.25, -0.2) is 4.79 Å². The van der Waals surface area contributed by atoms with Crippen LogP contribution in [0.2, 0.25) is 0 Å². The van der Waals surface area contributed by atoms with Gasteiger partial charge in [-0.1, -0.05) is 25.1 Å². The van der Waals surface area contributed by atoms with E-state index in [1.54, 1.807) is 12.1 Å². The number of esters is 1. The number of benzene rings is 2. The first-order valence-electron chi connectivity index (χ1n) is 8.77. The minimum atomic E-state index is -0.265. The van der Waals surface area contributed by atoms with Gasteiger partial charge in [0.25, 0.3) is 0 Å². The summed E-state index contributed by atoms with van der Waals surface area (Å²) < 4.78 is 11.0. The molecule has 0 spiro atoms. The zero-order valence-electron chi connectivity index (χ0n) is 14.2. The molecule has 1 aliphatic carbocycles. The maximum atomic E-state index is 11.8. The van der Waals surface area contributed by atoms with E-state index in [9.17, 15) is 4.79 Å². The lowest BCUT2D eigenvalue weighted by atomic mass is 9.92. The third-order valence-electron chi connectivity index (χ3n) is 4.35. The molecule has 0 saturated heterocycles. The molecule has 3 rings (SSSR count). The second-order valence-corrected chi connectivity index (χ2v) is 6.26. The van der Waals surface area contributed by atoms with Crippen molar-refractivity contribution in [2.45, 2.75) is 45.6 Å². The van der Waals surface area contributed by atoms with E-state index in [4.69, 9.17) is 9.47 Å². The van der Waals surface area contributed by atoms with Gasteiger partial charge in [0.05, 0.1) is 12.2 Å². The minimum Gasteiger partial charge on any atom is -0.489 e. The van der Waals surface area contributed by atoms with Crippen LogP contribution in [0.3, 0.4) is 0 Å². The quantitative estimate of drug-likeness (QED) is 0.722. The maximum Gasteiger partial charge on any atom is 0.338 e. The fourth-order valence-corrected chi connectivity index (χ4v) is 2.98. The highest BCUT2D eigenvalue weighted by atomic mass is 16.5. The van der Waals surface area contributed by atoms with Crippen LogP contribution < -0.4 is 4.74 Å². The predicted octanol–water partition coefficient (Wildman–Crippen LogP) is 4.71. The molecule has 2 aromatic rings. The fourth-order valence-electron chi connectivity index (χ4n) is 2.98. The summed E-state index contributed by atoms with van der Waals surface area (Å²) >= 11 is 0. The van der Waals surface area contributed by atoms with E-state index >= 15 is 0 Å². The molecule has 0 radical (unpaired) electrons. The van der Waals surface area contributed by atoms with Gasteiger partial charge in [-0.3, -0.25) is 0 Å². The molecular formula is C21H24O3. The predicted molar refractivity (Wildman–Crippen MR) is 94.4 cm³/mol. The molecule has 0 unspecified atom stereocenters. The molecule has 0 N–H and O–H groups in total. The third-order valence-corrected chi connectivity index (χ3v) is 4.35. The number of carbonyl (C=O) groups excluding carboxylic acids is 1. The zero-order chi connectivity index (χ0) is 16.8. The second kappa shape index (κ2) is 8.00. The monoisotopic (exact) mass is 324 g/mol. The first-order chi connectivity index (χ1) is 11.8. The Morgan fingerprint density at radius 2 is 1.75 bits per heavy atom. The van der Waals surface area contributed by atoms with Crippen LogP contribution in [0.25, 0.3) is 0 Å². The van der Waals surface area contributed by atoms with E-state index < -0.39 is 0 Å². The molecule has 0 aromatic heterocycles. The summed E-state index contributed by atoms with van der Waals surface area (Å²) in [6.07, 6.45) is 5.73. The Morgan fingerprint density at radius 1 is 1.00 bits per heavy atom. The zero-order valence-corrected chi connectivity index (χ0v) is 14.2. The lowest BCUT2D eigenvalue weighted by molar-refractivity contribution is 0.0505. The van der Waals surface area contributed by atoms with Crippen molar-refractivity contribution in [2.24, 2.45) is 0 Å². The number of ether oxygens (including phenoxy) is 2. The van der Waals surface area contributed by atoms with E-state index in [-0.39, 0.29) is 5.97 Å². The Hall–Kier alpha value is -2.29. The van der Waals surface area contributed by atoms with E-state index in [1.165, 1.54) is 30.4 Å². The van der Waals surface area contributed by atoms with Gasteiger partial charge < -0.3 is 9.47 Å². The molecule has 0 fully saturated rings. The van der Waals surface area contributed by atoms with Crippen molar-refractivity contribution in [3.05, 3.63) is 64.7 Å². The topological polar surface area (TPSA) is 35.5 Å². The Bertz CT molecular complexity index is 689. The second-order valence-electron chi connectivity index (χ2n) is 6.26. The molecule has 0 bridgehead atoms. The highest BCUT2D eigenvalue weighted by molar-refractivity contribution is 5.89. The Labute approximate surface area is 143 Å². The molecule has 2 aromatic carbocycles. The number of aryl methyl sites for hydroxylation is 2. The largest absolute Gasteiger partial charge is 0.489 e. The SMILES string of the molecule is CCCOC(=O)c1ccc(COc2ccc3c(c2)CCCC3)cc1. The standard InChI is InChI=1S/C21H24O3/c1-2-13-23-21(22)18-9-7-16(8-10-18)15-24-20-12-11-17-5-3-4-6-19(17)14-20/h7-12,14H,2-6,13,15H2,1H3. The lowest BCUT2D eigenvalue weighted by Crippen LogP contribution is -2.06. The van der Waals surface area contributed by atoms with E-state index in [1.807, 2.05) is 19.1 Å². The van der Waals surface area contributed by atoms with Gasteiger partial charge in [0.1, 0.15) is 12.4 Å². The average molecular weight is 324 g/mol. The molecule has 0 saturated carbocycles. The fraction of sp³-hybridized carbons (Fsp3) is 0.381. The highest BCUT2D eigenvalue weighted by Crippen LogP contribution is 2.25. The molecule has 1 aliphatic rings. The summed E-state index contributed by atoms with van der Waals surface area (Å²) in [6.45, 7) is 2.94. The van der Waals surface area contributed by atoms with Crippen LogP contribution in [0, 0.1) is 0 Å². The van der Waals surface area contributed by atoms with Crippen molar-refractivity contribution in [1.82, 2.24) is 0 Å². The molecule has 3 nitrogen and oxygen atoms in total. The van der Waals surface area contributed by atoms with Gasteiger partial charge in [-0.15, -0.1) is 0 Å². The normalized spacial score (nSPS) is 13.2. The summed E-state index contributed by atoms with van der Waals surface area (Å²) in [7, 11) is 0. The van der Waals surface area contributed by atoms with Gasteiger partial charge in [-0.05, 0) is 73.1 Å². The van der Waals surface area contributed by atoms with Gasteiger partial charge in [0.2, 0.25) is 0 Å². The van der Waals surface area contributed by atoms with Crippen molar-refractivity contribution in [3.8, 4) is 5.75 Å². The van der Waals surface area contributed by atoms with Gasteiger partial charge in [-0.2, -0.15) is 0 Å². The number of rotatable bonds is 6. The van der Waals surface area contributed by atoms with Crippen LogP contribution in [0.15, 0.2) is 42.5 Å². The third kappa shape index (κ3) is 4.16. The number of hydrogen-bond acceptors (Lipinski definition) is 3. The van der Waals surface area contributed by atoms with Crippen molar-refractivity contribution in [3.63, 3.8) is 0 Å². The Balaban J connectivity index is 1.57. The van der Waals surface area contributed by atoms with Crippen LogP contribution in [0.5, 0.6) is 5.75 Å². The molecule has 126 valence electrons. The van der Waals surface area contributed by atoms with Crippen LogP contribution in [0.1, 0.15) is 53.2 Å². The van der Waals surface area contributed by atoms with Crippen LogP contribution in [-0.4, -0.2) is 12.6 Å². The summed E-state index contributed by atoms with van der Waals surface area (Å²) in [5, 5.41) is 0. The summed E-state index contributed by atoms with van der Waals surface area (Å²) in [5.74, 6) is 0.654. The Morgan fingerprint density at radius 3 is 2.50 bits per heavy atom. The molecule has 3 heteroatoms. The van der Waals surface area contributed by atoms with Gasteiger partial charge in [0.15, 0.2) is 0 Å². The van der Waals surface area contributed by atoms with E-state index in [0.29, 0.717) is 18.8 Å². The van der Waals surface area contributed by atoms with Gasteiger partial charge >= 0.3 is 5.97 Å². The first-order valence-corrected chi connectivity index (χ1v) is 8.77. The highest BCUT2D eigenvalue weighted by Gasteiger charge is 2.10. The van der Waals surface area contributed by atoms with Crippen LogP contribution in [0.4, 0.5) is 0 Å². The molecule has 0 amide bonds. The summed E-state index contributed by atoms with van der Waals surface area (Å²) in [4.78, 5) is 11.8. The van der Waals surface area contributed by atoms with E-state index in [0.717, 1.165) is 24.2 Å². The first kappa shape index (κ1) is 16.6. The number of hydrogen-bond donors (Lipinski definition) is 0. The molecule has 0 atom stereocenters. The average Bonchev–Trinajstić information content (AvgIpc) is 2.64.